The topological polar surface area (TPSA) is 73.0 Å². The minimum Gasteiger partial charge on any atom is -0.370 e. The monoisotopic (exact) mass is 456 g/mol. The lowest BCUT2D eigenvalue weighted by Crippen LogP contribution is -2.48. The van der Waals surface area contributed by atoms with Crippen LogP contribution in [0.2, 0.25) is 0 Å². The molecule has 2 aromatic carbocycles. The van der Waals surface area contributed by atoms with Gasteiger partial charge in [0.05, 0.1) is 5.69 Å². The standard InChI is InChI=1S/C24H32N4O3S/c1-2-12-25-32(30,31)23-19-20(10-11-22(23)27-13-6-7-14-27)24(29)28-17-15-26(16-18-28)21-8-4-3-5-9-21/h3-5,8-11,19,25H,2,6-7,12-18H2,1H3. The molecule has 0 unspecified atom stereocenters. The van der Waals surface area contributed by atoms with Gasteiger partial charge in [-0.3, -0.25) is 4.79 Å². The molecule has 0 aliphatic carbocycles. The van der Waals surface area contributed by atoms with Crippen LogP contribution < -0.4 is 14.5 Å². The molecule has 2 saturated heterocycles. The van der Waals surface area contributed by atoms with Crippen molar-refractivity contribution in [3.63, 3.8) is 0 Å². The van der Waals surface area contributed by atoms with Crippen LogP contribution >= 0.6 is 0 Å². The quantitative estimate of drug-likeness (QED) is 0.694. The second kappa shape index (κ2) is 9.92. The molecule has 2 aromatic rings. The zero-order valence-corrected chi connectivity index (χ0v) is 19.5. The maximum atomic E-state index is 13.2. The molecule has 2 aliphatic rings. The molecule has 0 spiro atoms. The Labute approximate surface area is 191 Å². The molecule has 1 amide bonds. The Morgan fingerprint density at radius 1 is 0.906 bits per heavy atom. The fourth-order valence-electron chi connectivity index (χ4n) is 4.38. The highest BCUT2D eigenvalue weighted by Gasteiger charge is 2.27. The van der Waals surface area contributed by atoms with Gasteiger partial charge in [0.2, 0.25) is 10.0 Å². The van der Waals surface area contributed by atoms with Gasteiger partial charge in [-0.2, -0.15) is 0 Å². The lowest BCUT2D eigenvalue weighted by Gasteiger charge is -2.36. The Hall–Kier alpha value is -2.58. The Bertz CT molecular complexity index is 1030. The minimum absolute atomic E-state index is 0.113. The van der Waals surface area contributed by atoms with Gasteiger partial charge in [0.25, 0.3) is 5.91 Å². The van der Waals surface area contributed by atoms with E-state index < -0.39 is 10.0 Å². The van der Waals surface area contributed by atoms with Gasteiger partial charge < -0.3 is 14.7 Å². The molecular weight excluding hydrogens is 424 g/mol. The Kier molecular flexibility index (Phi) is 7.01. The van der Waals surface area contributed by atoms with Crippen molar-refractivity contribution in [3.8, 4) is 0 Å². The van der Waals surface area contributed by atoms with E-state index in [0.717, 1.165) is 44.7 Å². The number of carbonyl (C=O) groups is 1. The molecule has 0 saturated carbocycles. The fourth-order valence-corrected chi connectivity index (χ4v) is 5.77. The summed E-state index contributed by atoms with van der Waals surface area (Å²) in [5, 5.41) is 0. The predicted molar refractivity (Wildman–Crippen MR) is 128 cm³/mol. The number of anilines is 2. The van der Waals surface area contributed by atoms with E-state index in [-0.39, 0.29) is 10.8 Å². The molecule has 4 rings (SSSR count). The van der Waals surface area contributed by atoms with Crippen LogP contribution in [-0.4, -0.2) is 65.0 Å². The fraction of sp³-hybridized carbons (Fsp3) is 0.458. The van der Waals surface area contributed by atoms with Gasteiger partial charge in [-0.25, -0.2) is 13.1 Å². The van der Waals surface area contributed by atoms with Crippen LogP contribution in [0.4, 0.5) is 11.4 Å². The number of piperazine rings is 1. The molecule has 32 heavy (non-hydrogen) atoms. The van der Waals surface area contributed by atoms with Crippen LogP contribution in [0, 0.1) is 0 Å². The van der Waals surface area contributed by atoms with Crippen LogP contribution in [0.3, 0.4) is 0 Å². The largest absolute Gasteiger partial charge is 0.370 e. The highest BCUT2D eigenvalue weighted by atomic mass is 32.2. The predicted octanol–water partition coefficient (Wildman–Crippen LogP) is 2.94. The molecule has 0 atom stereocenters. The third kappa shape index (κ3) is 4.91. The van der Waals surface area contributed by atoms with E-state index in [9.17, 15) is 13.2 Å². The van der Waals surface area contributed by atoms with Gasteiger partial charge in [0, 0.05) is 57.1 Å². The number of hydrogen-bond acceptors (Lipinski definition) is 5. The summed E-state index contributed by atoms with van der Waals surface area (Å²) in [7, 11) is -3.69. The van der Waals surface area contributed by atoms with E-state index >= 15 is 0 Å². The number of nitrogens with zero attached hydrogens (tertiary/aromatic N) is 3. The number of para-hydroxylation sites is 1. The van der Waals surface area contributed by atoms with Gasteiger partial charge >= 0.3 is 0 Å². The maximum Gasteiger partial charge on any atom is 0.254 e. The normalized spacial score (nSPS) is 17.1. The third-order valence-corrected chi connectivity index (χ3v) is 7.66. The molecule has 8 heteroatoms. The van der Waals surface area contributed by atoms with Crippen molar-refractivity contribution in [1.82, 2.24) is 9.62 Å². The average molecular weight is 457 g/mol. The summed E-state index contributed by atoms with van der Waals surface area (Å²) in [6, 6.07) is 15.3. The molecular formula is C24H32N4O3S. The van der Waals surface area contributed by atoms with Crippen molar-refractivity contribution in [2.75, 3.05) is 55.6 Å². The van der Waals surface area contributed by atoms with Crippen LogP contribution in [0.25, 0.3) is 0 Å². The van der Waals surface area contributed by atoms with Crippen molar-refractivity contribution in [2.45, 2.75) is 31.1 Å². The first kappa shape index (κ1) is 22.6. The molecule has 7 nitrogen and oxygen atoms in total. The summed E-state index contributed by atoms with van der Waals surface area (Å²) in [4.78, 5) is 19.6. The number of amides is 1. The van der Waals surface area contributed by atoms with Crippen LogP contribution in [0.15, 0.2) is 53.4 Å². The maximum absolute atomic E-state index is 13.2. The lowest BCUT2D eigenvalue weighted by atomic mass is 10.1. The van der Waals surface area contributed by atoms with Gasteiger partial charge in [-0.05, 0) is 49.6 Å². The number of hydrogen-bond donors (Lipinski definition) is 1. The molecule has 172 valence electrons. The summed E-state index contributed by atoms with van der Waals surface area (Å²) < 4.78 is 28.8. The molecule has 0 radical (unpaired) electrons. The van der Waals surface area contributed by atoms with Gasteiger partial charge in [0.15, 0.2) is 0 Å². The highest BCUT2D eigenvalue weighted by molar-refractivity contribution is 7.89. The summed E-state index contributed by atoms with van der Waals surface area (Å²) in [5.41, 5.74) is 2.28. The number of rotatable bonds is 7. The van der Waals surface area contributed by atoms with Crippen LogP contribution in [0.5, 0.6) is 0 Å². The summed E-state index contributed by atoms with van der Waals surface area (Å²) in [6.07, 6.45) is 2.81. The number of carbonyl (C=O) groups excluding carboxylic acids is 1. The molecule has 2 fully saturated rings. The minimum atomic E-state index is -3.69. The van der Waals surface area contributed by atoms with Crippen molar-refractivity contribution >= 4 is 27.3 Å². The van der Waals surface area contributed by atoms with Gasteiger partial charge in [-0.1, -0.05) is 25.1 Å². The first-order valence-corrected chi connectivity index (χ1v) is 13.0. The first-order valence-electron chi connectivity index (χ1n) is 11.5. The Morgan fingerprint density at radius 3 is 2.25 bits per heavy atom. The van der Waals surface area contributed by atoms with Crippen LogP contribution in [-0.2, 0) is 10.0 Å². The van der Waals surface area contributed by atoms with Crippen molar-refractivity contribution < 1.29 is 13.2 Å². The summed E-state index contributed by atoms with van der Waals surface area (Å²) in [5.74, 6) is -0.113. The summed E-state index contributed by atoms with van der Waals surface area (Å²) >= 11 is 0. The van der Waals surface area contributed by atoms with Gasteiger partial charge in [0.1, 0.15) is 4.90 Å². The molecule has 2 aliphatic heterocycles. The zero-order valence-electron chi connectivity index (χ0n) is 18.7. The van der Waals surface area contributed by atoms with E-state index in [1.807, 2.05) is 30.0 Å². The molecule has 1 N–H and O–H groups in total. The zero-order chi connectivity index (χ0) is 22.6. The second-order valence-corrected chi connectivity index (χ2v) is 10.1. The number of nitrogens with one attached hydrogen (secondary N) is 1. The van der Waals surface area contributed by atoms with E-state index in [4.69, 9.17) is 0 Å². The van der Waals surface area contributed by atoms with Crippen molar-refractivity contribution in [3.05, 3.63) is 54.1 Å². The third-order valence-electron chi connectivity index (χ3n) is 6.17. The number of benzene rings is 2. The highest BCUT2D eigenvalue weighted by Crippen LogP contribution is 2.30. The van der Waals surface area contributed by atoms with Crippen LogP contribution in [0.1, 0.15) is 36.5 Å². The molecule has 2 heterocycles. The molecule has 0 aromatic heterocycles. The first-order chi connectivity index (χ1) is 15.5. The van der Waals surface area contributed by atoms with E-state index in [1.54, 1.807) is 18.2 Å². The smallest absolute Gasteiger partial charge is 0.254 e. The number of sulfonamides is 1. The Balaban J connectivity index is 1.54. The molecule has 0 bridgehead atoms. The lowest BCUT2D eigenvalue weighted by molar-refractivity contribution is 0.0746. The Morgan fingerprint density at radius 2 is 1.59 bits per heavy atom. The van der Waals surface area contributed by atoms with E-state index in [1.165, 1.54) is 0 Å². The summed E-state index contributed by atoms with van der Waals surface area (Å²) in [6.45, 7) is 6.71. The van der Waals surface area contributed by atoms with Gasteiger partial charge in [-0.15, -0.1) is 0 Å². The van der Waals surface area contributed by atoms with Crippen molar-refractivity contribution in [1.29, 1.82) is 0 Å². The average Bonchev–Trinajstić information content (AvgIpc) is 3.37. The SMILES string of the molecule is CCCNS(=O)(=O)c1cc(C(=O)N2CCN(c3ccccc3)CC2)ccc1N1CCCC1. The van der Waals surface area contributed by atoms with E-state index in [2.05, 4.69) is 26.7 Å². The van der Waals surface area contributed by atoms with E-state index in [0.29, 0.717) is 37.3 Å². The van der Waals surface area contributed by atoms with Crippen molar-refractivity contribution in [2.24, 2.45) is 0 Å². The second-order valence-electron chi connectivity index (χ2n) is 8.39.